The molecule has 130 valence electrons. The van der Waals surface area contributed by atoms with Gasteiger partial charge in [-0.3, -0.25) is 4.99 Å². The second-order valence-corrected chi connectivity index (χ2v) is 7.06. The van der Waals surface area contributed by atoms with E-state index in [9.17, 15) is 5.11 Å². The van der Waals surface area contributed by atoms with Crippen molar-refractivity contribution in [2.75, 3.05) is 32.8 Å². The van der Waals surface area contributed by atoms with Gasteiger partial charge in [-0.1, -0.05) is 20.3 Å². The number of hydrogen-bond donors (Lipinski definition) is 2. The summed E-state index contributed by atoms with van der Waals surface area (Å²) < 4.78 is 0. The molecule has 1 spiro atoms. The van der Waals surface area contributed by atoms with Crippen LogP contribution in [0.3, 0.4) is 0 Å². The quantitative estimate of drug-likeness (QED) is 0.392. The number of aliphatic imine (C=N–C) groups is 1. The lowest BCUT2D eigenvalue weighted by molar-refractivity contribution is 0.123. The van der Waals surface area contributed by atoms with Crippen LogP contribution in [0.4, 0.5) is 0 Å². The molecule has 2 N–H and O–H groups in total. The number of aliphatic hydroxyl groups excluding tert-OH is 1. The molecule has 1 heterocycles. The first kappa shape index (κ1) is 20.0. The van der Waals surface area contributed by atoms with Crippen molar-refractivity contribution in [2.45, 2.75) is 59.3 Å². The van der Waals surface area contributed by atoms with Crippen molar-refractivity contribution < 1.29 is 5.11 Å². The van der Waals surface area contributed by atoms with E-state index < -0.39 is 0 Å². The van der Waals surface area contributed by atoms with E-state index in [1.54, 1.807) is 0 Å². The second kappa shape index (κ2) is 8.71. The lowest BCUT2D eigenvalue weighted by Crippen LogP contribution is -2.43. The van der Waals surface area contributed by atoms with E-state index in [1.807, 2.05) is 0 Å². The molecule has 0 radical (unpaired) electrons. The molecule has 0 atom stereocenters. The molecular formula is C17H34IN3O. The van der Waals surface area contributed by atoms with E-state index in [-0.39, 0.29) is 36.0 Å². The van der Waals surface area contributed by atoms with Gasteiger partial charge in [0.25, 0.3) is 0 Å². The molecule has 22 heavy (non-hydrogen) atoms. The van der Waals surface area contributed by atoms with Crippen LogP contribution in [0.2, 0.25) is 0 Å². The van der Waals surface area contributed by atoms with Crippen molar-refractivity contribution in [1.29, 1.82) is 0 Å². The van der Waals surface area contributed by atoms with E-state index in [0.29, 0.717) is 5.41 Å². The van der Waals surface area contributed by atoms with Crippen LogP contribution in [0.1, 0.15) is 59.3 Å². The fourth-order valence-electron chi connectivity index (χ4n) is 3.62. The van der Waals surface area contributed by atoms with E-state index in [1.165, 1.54) is 32.2 Å². The maximum atomic E-state index is 9.71. The number of halogens is 1. The molecule has 0 aromatic heterocycles. The molecule has 0 aromatic carbocycles. The summed E-state index contributed by atoms with van der Waals surface area (Å²) in [6, 6.07) is 0. The molecule has 2 rings (SSSR count). The Bertz CT molecular complexity index is 357. The van der Waals surface area contributed by atoms with E-state index in [0.717, 1.165) is 38.4 Å². The zero-order chi connectivity index (χ0) is 15.3. The third-order valence-electron chi connectivity index (χ3n) is 5.89. The topological polar surface area (TPSA) is 47.9 Å². The molecule has 2 fully saturated rings. The molecule has 1 aliphatic heterocycles. The van der Waals surface area contributed by atoms with Gasteiger partial charge in [0.2, 0.25) is 0 Å². The van der Waals surface area contributed by atoms with Gasteiger partial charge >= 0.3 is 0 Å². The highest BCUT2D eigenvalue weighted by molar-refractivity contribution is 14.0. The van der Waals surface area contributed by atoms with Crippen LogP contribution in [0.5, 0.6) is 0 Å². The Kier molecular flexibility index (Phi) is 7.92. The number of guanidine groups is 1. The Morgan fingerprint density at radius 2 is 1.91 bits per heavy atom. The first-order chi connectivity index (χ1) is 10.1. The fraction of sp³-hybridized carbons (Fsp3) is 0.941. The molecule has 0 bridgehead atoms. The summed E-state index contributed by atoms with van der Waals surface area (Å²) in [5, 5.41) is 13.2. The SMILES string of the molecule is CCNC(=NCC(CC)(CC)CO)N1CCC2(CCC2)C1.I. The summed E-state index contributed by atoms with van der Waals surface area (Å²) in [4.78, 5) is 7.32. The number of aliphatic hydroxyl groups is 1. The largest absolute Gasteiger partial charge is 0.396 e. The van der Waals surface area contributed by atoms with Crippen LogP contribution in [0.15, 0.2) is 4.99 Å². The Hall–Kier alpha value is -0.0400. The molecular weight excluding hydrogens is 389 g/mol. The first-order valence-electron chi connectivity index (χ1n) is 8.77. The zero-order valence-electron chi connectivity index (χ0n) is 14.5. The van der Waals surface area contributed by atoms with Gasteiger partial charge < -0.3 is 15.3 Å². The molecule has 1 aliphatic carbocycles. The van der Waals surface area contributed by atoms with Crippen molar-refractivity contribution in [3.8, 4) is 0 Å². The van der Waals surface area contributed by atoms with E-state index >= 15 is 0 Å². The highest BCUT2D eigenvalue weighted by Crippen LogP contribution is 2.47. The summed E-state index contributed by atoms with van der Waals surface area (Å²) in [6.07, 6.45) is 7.48. The van der Waals surface area contributed by atoms with Gasteiger partial charge in [-0.25, -0.2) is 0 Å². The minimum absolute atomic E-state index is 0. The van der Waals surface area contributed by atoms with Crippen molar-refractivity contribution in [3.63, 3.8) is 0 Å². The Morgan fingerprint density at radius 1 is 1.23 bits per heavy atom. The Morgan fingerprint density at radius 3 is 2.32 bits per heavy atom. The predicted octanol–water partition coefficient (Wildman–Crippen LogP) is 3.24. The molecule has 1 saturated heterocycles. The minimum Gasteiger partial charge on any atom is -0.396 e. The van der Waals surface area contributed by atoms with Crippen LogP contribution in [0.25, 0.3) is 0 Å². The molecule has 5 heteroatoms. The number of likely N-dealkylation sites (tertiary alicyclic amines) is 1. The Labute approximate surface area is 153 Å². The van der Waals surface area contributed by atoms with Gasteiger partial charge in [-0.05, 0) is 44.4 Å². The van der Waals surface area contributed by atoms with Crippen molar-refractivity contribution in [1.82, 2.24) is 10.2 Å². The van der Waals surface area contributed by atoms with Crippen molar-refractivity contribution >= 4 is 29.9 Å². The maximum absolute atomic E-state index is 9.71. The minimum atomic E-state index is -0.0471. The lowest BCUT2D eigenvalue weighted by atomic mass is 9.68. The first-order valence-corrected chi connectivity index (χ1v) is 8.77. The molecule has 4 nitrogen and oxygen atoms in total. The standard InChI is InChI=1S/C17H33N3O.HI/c1-4-16(5-2,14-21)12-19-15(18-6-3)20-11-10-17(13-20)8-7-9-17;/h21H,4-14H2,1-3H3,(H,18,19);1H. The van der Waals surface area contributed by atoms with Crippen molar-refractivity contribution in [2.24, 2.45) is 15.8 Å². The Balaban J connectivity index is 0.00000242. The average Bonchev–Trinajstić information content (AvgIpc) is 2.93. The summed E-state index contributed by atoms with van der Waals surface area (Å²) >= 11 is 0. The van der Waals surface area contributed by atoms with Gasteiger partial charge in [0.1, 0.15) is 0 Å². The van der Waals surface area contributed by atoms with Gasteiger partial charge in [-0.2, -0.15) is 0 Å². The van der Waals surface area contributed by atoms with Gasteiger partial charge in [0.15, 0.2) is 5.96 Å². The highest BCUT2D eigenvalue weighted by Gasteiger charge is 2.43. The summed E-state index contributed by atoms with van der Waals surface area (Å²) in [5.74, 6) is 1.06. The normalized spacial score (nSPS) is 20.7. The third kappa shape index (κ3) is 4.28. The number of nitrogens with one attached hydrogen (secondary N) is 1. The van der Waals surface area contributed by atoms with Gasteiger partial charge in [0.05, 0.1) is 13.2 Å². The third-order valence-corrected chi connectivity index (χ3v) is 5.89. The van der Waals surface area contributed by atoms with Crippen LogP contribution in [0, 0.1) is 10.8 Å². The molecule has 2 aliphatic rings. The van der Waals surface area contributed by atoms with Crippen LogP contribution in [-0.2, 0) is 0 Å². The lowest BCUT2D eigenvalue weighted by Gasteiger charge is -2.38. The second-order valence-electron chi connectivity index (χ2n) is 7.06. The molecule has 0 amide bonds. The fourth-order valence-corrected chi connectivity index (χ4v) is 3.62. The monoisotopic (exact) mass is 423 g/mol. The van der Waals surface area contributed by atoms with Crippen LogP contribution < -0.4 is 5.32 Å². The predicted molar refractivity (Wildman–Crippen MR) is 104 cm³/mol. The maximum Gasteiger partial charge on any atom is 0.193 e. The molecule has 0 aromatic rings. The van der Waals surface area contributed by atoms with E-state index in [2.05, 4.69) is 31.0 Å². The van der Waals surface area contributed by atoms with E-state index in [4.69, 9.17) is 4.99 Å². The summed E-state index contributed by atoms with van der Waals surface area (Å²) in [7, 11) is 0. The number of hydrogen-bond acceptors (Lipinski definition) is 2. The average molecular weight is 423 g/mol. The molecule has 1 saturated carbocycles. The molecule has 0 unspecified atom stereocenters. The summed E-state index contributed by atoms with van der Waals surface area (Å²) in [5.41, 5.74) is 0.550. The number of nitrogens with zero attached hydrogens (tertiary/aromatic N) is 2. The summed E-state index contributed by atoms with van der Waals surface area (Å²) in [6.45, 7) is 10.6. The van der Waals surface area contributed by atoms with Gasteiger partial charge in [0, 0.05) is 25.0 Å². The smallest absolute Gasteiger partial charge is 0.193 e. The van der Waals surface area contributed by atoms with Gasteiger partial charge in [-0.15, -0.1) is 24.0 Å². The van der Waals surface area contributed by atoms with Crippen molar-refractivity contribution in [3.05, 3.63) is 0 Å². The zero-order valence-corrected chi connectivity index (χ0v) is 16.9. The van der Waals surface area contributed by atoms with Crippen LogP contribution in [-0.4, -0.2) is 48.8 Å². The number of rotatable bonds is 6. The van der Waals surface area contributed by atoms with Crippen LogP contribution >= 0.6 is 24.0 Å². The highest BCUT2D eigenvalue weighted by atomic mass is 127.